The van der Waals surface area contributed by atoms with Gasteiger partial charge in [0.1, 0.15) is 49.4 Å². The van der Waals surface area contributed by atoms with Gasteiger partial charge in [-0.2, -0.15) is 0 Å². The lowest BCUT2D eigenvalue weighted by Crippen LogP contribution is -2.33. The van der Waals surface area contributed by atoms with Crippen LogP contribution in [0.3, 0.4) is 0 Å². The van der Waals surface area contributed by atoms with Crippen LogP contribution in [0, 0.1) is 17.8 Å². The van der Waals surface area contributed by atoms with E-state index < -0.39 is 46.6 Å². The molecule has 14 nitrogen and oxygen atoms in total. The minimum Gasteiger partial charge on any atom is -0.494 e. The summed E-state index contributed by atoms with van der Waals surface area (Å²) in [7, 11) is 0. The van der Waals surface area contributed by atoms with Crippen molar-refractivity contribution in [2.45, 2.75) is 67.7 Å². The maximum Gasteiger partial charge on any atom is 0.343 e. The number of hydrogen-bond acceptors (Lipinski definition) is 14. The Hall–Kier alpha value is -8.00. The van der Waals surface area contributed by atoms with Crippen LogP contribution in [0.15, 0.2) is 157 Å². The quantitative estimate of drug-likeness (QED) is 0.0321. The van der Waals surface area contributed by atoms with Crippen molar-refractivity contribution in [1.29, 1.82) is 0 Å². The standard InChI is InChI=1S/C58H64O14/c1-38(2)52(60)67-34-57(10,35-68-53(61)39(3)4)29-31-65-47-14-12-13-46(22-25-47)56(64)71-49-26-27-50(42(9)33-49)72-51(59)28-17-43-15-18-44(19-16-43)45-20-23-48(24-21-45)66-32-30-58(11,36-69-54(62)40(5)6)37-70-55(63)41(7)8/h13-28,33H,1,3,5,7,12,29-32,34-37H2,2,4,6,8-11H3/b28-17+. The second kappa shape index (κ2) is 26.8. The molecular weight excluding hydrogens is 921 g/mol. The molecule has 0 amide bonds. The van der Waals surface area contributed by atoms with E-state index in [1.165, 1.54) is 12.1 Å². The average Bonchev–Trinajstić information content (AvgIpc) is 3.60. The number of allylic oxidation sites excluding steroid dienone is 3. The van der Waals surface area contributed by atoms with Gasteiger partial charge in [0.05, 0.1) is 18.8 Å². The number of hydrogen-bond donors (Lipinski definition) is 0. The molecule has 0 aliphatic heterocycles. The van der Waals surface area contributed by atoms with E-state index in [0.717, 1.165) is 16.7 Å². The molecule has 72 heavy (non-hydrogen) atoms. The fourth-order valence-corrected chi connectivity index (χ4v) is 6.33. The Labute approximate surface area is 421 Å². The number of esters is 6. The molecular formula is C58H64O14. The summed E-state index contributed by atoms with van der Waals surface area (Å²) in [4.78, 5) is 74.2. The SMILES string of the molecule is C=C(C)C(=O)OCC(C)(CCOC1=CCC=C(C(=O)Oc2ccc(OC(=O)/C=C/c3ccc(-c4ccc(OCCC(C)(COC(=O)C(=C)C)COC(=O)C(=C)C)cc4)cc3)c(C)c2)C=C1)COC(=O)C(=C)C. The Balaban J connectivity index is 1.24. The Bertz CT molecular complexity index is 2600. The number of carbonyl (C=O) groups is 6. The average molecular weight is 985 g/mol. The molecule has 0 N–H and O–H groups in total. The van der Waals surface area contributed by atoms with E-state index in [9.17, 15) is 28.8 Å². The Morgan fingerprint density at radius 1 is 0.569 bits per heavy atom. The molecule has 1 aliphatic carbocycles. The molecule has 0 heterocycles. The summed E-state index contributed by atoms with van der Waals surface area (Å²) in [6.45, 7) is 26.5. The van der Waals surface area contributed by atoms with Crippen molar-refractivity contribution in [2.24, 2.45) is 10.8 Å². The summed E-state index contributed by atoms with van der Waals surface area (Å²) in [5, 5.41) is 0. The lowest BCUT2D eigenvalue weighted by atomic mass is 9.89. The summed E-state index contributed by atoms with van der Waals surface area (Å²) in [6, 6.07) is 19.9. The van der Waals surface area contributed by atoms with Gasteiger partial charge in [0.25, 0.3) is 0 Å². The summed E-state index contributed by atoms with van der Waals surface area (Å²) in [5.41, 5.74) is 3.10. The van der Waals surface area contributed by atoms with E-state index in [0.29, 0.717) is 47.7 Å². The van der Waals surface area contributed by atoms with Gasteiger partial charge in [-0.05, 0) is 131 Å². The first kappa shape index (κ1) is 56.6. The predicted octanol–water partition coefficient (Wildman–Crippen LogP) is 10.6. The van der Waals surface area contributed by atoms with E-state index in [1.807, 2.05) is 62.4 Å². The van der Waals surface area contributed by atoms with Gasteiger partial charge < -0.3 is 37.9 Å². The van der Waals surface area contributed by atoms with Gasteiger partial charge in [-0.15, -0.1) is 0 Å². The van der Waals surface area contributed by atoms with Gasteiger partial charge in [-0.25, -0.2) is 28.8 Å². The molecule has 0 atom stereocenters. The van der Waals surface area contributed by atoms with Gasteiger partial charge >= 0.3 is 35.8 Å². The van der Waals surface area contributed by atoms with Crippen molar-refractivity contribution in [1.82, 2.24) is 0 Å². The molecule has 0 saturated carbocycles. The van der Waals surface area contributed by atoms with E-state index in [-0.39, 0.29) is 67.7 Å². The zero-order chi connectivity index (χ0) is 53.0. The molecule has 0 bridgehead atoms. The van der Waals surface area contributed by atoms with Crippen LogP contribution in [-0.2, 0) is 52.5 Å². The third-order valence-corrected chi connectivity index (χ3v) is 10.9. The van der Waals surface area contributed by atoms with Crippen molar-refractivity contribution in [3.8, 4) is 28.4 Å². The highest BCUT2D eigenvalue weighted by Crippen LogP contribution is 2.29. The minimum atomic E-state index is -0.763. The van der Waals surface area contributed by atoms with Gasteiger partial charge in [0.2, 0.25) is 0 Å². The highest BCUT2D eigenvalue weighted by molar-refractivity contribution is 5.93. The van der Waals surface area contributed by atoms with Gasteiger partial charge in [-0.3, -0.25) is 0 Å². The third-order valence-electron chi connectivity index (χ3n) is 10.9. The number of benzene rings is 3. The normalized spacial score (nSPS) is 12.3. The van der Waals surface area contributed by atoms with Crippen LogP contribution < -0.4 is 14.2 Å². The molecule has 0 aromatic heterocycles. The maximum atomic E-state index is 13.2. The van der Waals surface area contributed by atoms with Crippen molar-refractivity contribution in [2.75, 3.05) is 39.6 Å². The summed E-state index contributed by atoms with van der Waals surface area (Å²) in [5.74, 6) is -1.64. The number of carbonyl (C=O) groups excluding carboxylic acids is 6. The van der Waals surface area contributed by atoms with Crippen molar-refractivity contribution in [3.05, 3.63) is 168 Å². The van der Waals surface area contributed by atoms with Crippen molar-refractivity contribution >= 4 is 41.9 Å². The van der Waals surface area contributed by atoms with Crippen LogP contribution in [0.4, 0.5) is 0 Å². The van der Waals surface area contributed by atoms with Gasteiger partial charge in [-0.1, -0.05) is 82.6 Å². The number of ether oxygens (including phenoxy) is 8. The van der Waals surface area contributed by atoms with Crippen LogP contribution >= 0.6 is 0 Å². The molecule has 0 radical (unpaired) electrons. The summed E-state index contributed by atoms with van der Waals surface area (Å²) >= 11 is 0. The van der Waals surface area contributed by atoms with Gasteiger partial charge in [0, 0.05) is 39.2 Å². The van der Waals surface area contributed by atoms with E-state index in [1.54, 1.807) is 77.1 Å². The molecule has 1 aliphatic rings. The van der Waals surface area contributed by atoms with E-state index in [2.05, 4.69) is 26.3 Å². The third kappa shape index (κ3) is 18.7. The molecule has 3 aromatic carbocycles. The van der Waals surface area contributed by atoms with Crippen LogP contribution in [0.25, 0.3) is 17.2 Å². The van der Waals surface area contributed by atoms with E-state index >= 15 is 0 Å². The lowest BCUT2D eigenvalue weighted by molar-refractivity contribution is -0.150. The predicted molar refractivity (Wildman–Crippen MR) is 273 cm³/mol. The lowest BCUT2D eigenvalue weighted by Gasteiger charge is -2.28. The fraction of sp³-hybridized carbons (Fsp3) is 0.310. The zero-order valence-electron chi connectivity index (χ0n) is 42.2. The minimum absolute atomic E-state index is 0.00930. The molecule has 380 valence electrons. The zero-order valence-corrected chi connectivity index (χ0v) is 42.2. The first-order chi connectivity index (χ1) is 34.0. The fourth-order valence-electron chi connectivity index (χ4n) is 6.33. The first-order valence-electron chi connectivity index (χ1n) is 23.1. The second-order valence-electron chi connectivity index (χ2n) is 18.3. The monoisotopic (exact) mass is 984 g/mol. The molecule has 3 aromatic rings. The van der Waals surface area contributed by atoms with Gasteiger partial charge in [0.15, 0.2) is 0 Å². The highest BCUT2D eigenvalue weighted by atomic mass is 16.6. The second-order valence-corrected chi connectivity index (χ2v) is 18.3. The molecule has 0 fully saturated rings. The van der Waals surface area contributed by atoms with Crippen LogP contribution in [-0.4, -0.2) is 75.5 Å². The van der Waals surface area contributed by atoms with E-state index in [4.69, 9.17) is 37.9 Å². The number of rotatable bonds is 26. The Morgan fingerprint density at radius 3 is 1.50 bits per heavy atom. The summed E-state index contributed by atoms with van der Waals surface area (Å²) < 4.78 is 44.7. The van der Waals surface area contributed by atoms with Crippen molar-refractivity contribution in [3.63, 3.8) is 0 Å². The smallest absolute Gasteiger partial charge is 0.343 e. The number of aryl methyl sites for hydroxylation is 1. The topological polar surface area (TPSA) is 176 Å². The largest absolute Gasteiger partial charge is 0.494 e. The van der Waals surface area contributed by atoms with Crippen molar-refractivity contribution < 1.29 is 66.7 Å². The molecule has 0 spiro atoms. The molecule has 4 rings (SSSR count). The molecule has 0 saturated heterocycles. The molecule has 0 unspecified atom stereocenters. The summed E-state index contributed by atoms with van der Waals surface area (Å²) in [6.07, 6.45) is 10.9. The van der Waals surface area contributed by atoms with Crippen LogP contribution in [0.2, 0.25) is 0 Å². The highest BCUT2D eigenvalue weighted by Gasteiger charge is 2.31. The maximum absolute atomic E-state index is 13.2. The van der Waals surface area contributed by atoms with Crippen LogP contribution in [0.1, 0.15) is 71.9 Å². The Morgan fingerprint density at radius 2 is 1.03 bits per heavy atom. The Kier molecular flexibility index (Phi) is 21.1. The van der Waals surface area contributed by atoms with Crippen LogP contribution in [0.5, 0.6) is 17.2 Å². The molecule has 14 heteroatoms. The first-order valence-corrected chi connectivity index (χ1v) is 23.1.